The molecular weight excluding hydrogens is 298 g/mol. The van der Waals surface area contributed by atoms with E-state index in [9.17, 15) is 0 Å². The number of aryl methyl sites for hydroxylation is 1. The molecule has 1 aliphatic carbocycles. The fraction of sp³-hybridized carbons (Fsp3) is 0.333. The van der Waals surface area contributed by atoms with Crippen LogP contribution in [0.1, 0.15) is 29.5 Å². The highest BCUT2D eigenvalue weighted by Gasteiger charge is 2.20. The van der Waals surface area contributed by atoms with Gasteiger partial charge in [0.25, 0.3) is 0 Å². The molecule has 1 saturated carbocycles. The minimum atomic E-state index is 0.767. The molecule has 0 radical (unpaired) electrons. The number of benzene rings is 2. The Kier molecular flexibility index (Phi) is 4.89. The highest BCUT2D eigenvalue weighted by Crippen LogP contribution is 2.26. The fourth-order valence-electron chi connectivity index (χ4n) is 2.25. The smallest absolute Gasteiger partial charge is 0.0406 e. The van der Waals surface area contributed by atoms with Crippen LogP contribution in [0.4, 0.5) is 0 Å². The zero-order valence-corrected chi connectivity index (χ0v) is 13.8. The van der Waals surface area contributed by atoms with Crippen molar-refractivity contribution in [1.82, 2.24) is 5.32 Å². The summed E-state index contributed by atoms with van der Waals surface area (Å²) in [6, 6.07) is 15.6. The lowest BCUT2D eigenvalue weighted by molar-refractivity contribution is 0.685. The van der Waals surface area contributed by atoms with Gasteiger partial charge < -0.3 is 5.32 Å². The molecule has 2 aromatic rings. The summed E-state index contributed by atoms with van der Waals surface area (Å²) in [5.41, 5.74) is 4.10. The van der Waals surface area contributed by atoms with Crippen molar-refractivity contribution in [3.05, 3.63) is 64.2 Å². The first kappa shape index (κ1) is 15.0. The first-order valence-electron chi connectivity index (χ1n) is 7.41. The number of hydrogen-bond donors (Lipinski definition) is 1. The average Bonchev–Trinajstić information content (AvgIpc) is 3.30. The lowest BCUT2D eigenvalue weighted by atomic mass is 10.1. The van der Waals surface area contributed by atoms with Crippen molar-refractivity contribution in [2.24, 2.45) is 0 Å². The first-order chi connectivity index (χ1) is 10.2. The van der Waals surface area contributed by atoms with Crippen LogP contribution < -0.4 is 5.32 Å². The monoisotopic (exact) mass is 317 g/mol. The van der Waals surface area contributed by atoms with Crippen LogP contribution in [0.2, 0.25) is 5.02 Å². The van der Waals surface area contributed by atoms with Gasteiger partial charge in [0.1, 0.15) is 0 Å². The summed E-state index contributed by atoms with van der Waals surface area (Å²) in [5, 5.41) is 4.38. The Labute approximate surface area is 136 Å². The molecular formula is C18H20ClNS. The van der Waals surface area contributed by atoms with Crippen molar-refractivity contribution in [2.45, 2.75) is 43.0 Å². The molecule has 1 nitrogen and oxygen atoms in total. The average molecular weight is 318 g/mol. The Bertz CT molecular complexity index is 605. The van der Waals surface area contributed by atoms with E-state index in [1.165, 1.54) is 34.4 Å². The van der Waals surface area contributed by atoms with Gasteiger partial charge in [0.05, 0.1) is 0 Å². The first-order valence-corrected chi connectivity index (χ1v) is 8.77. The van der Waals surface area contributed by atoms with Gasteiger partial charge in [0.2, 0.25) is 0 Å². The molecule has 3 heteroatoms. The summed E-state index contributed by atoms with van der Waals surface area (Å²) in [6.07, 6.45) is 2.68. The van der Waals surface area contributed by atoms with E-state index in [0.717, 1.165) is 23.4 Å². The molecule has 0 atom stereocenters. The van der Waals surface area contributed by atoms with Gasteiger partial charge in [-0.3, -0.25) is 0 Å². The van der Waals surface area contributed by atoms with E-state index in [1.807, 2.05) is 23.9 Å². The molecule has 0 saturated heterocycles. The van der Waals surface area contributed by atoms with Crippen LogP contribution in [-0.4, -0.2) is 6.04 Å². The standard InChI is InChI=1S/C18H20ClNS/c1-13-10-18(9-4-15(13)11-20-17-7-8-17)21-12-14-2-5-16(19)6-3-14/h2-6,9-10,17,20H,7-8,11-12H2,1H3. The molecule has 0 spiro atoms. The summed E-state index contributed by atoms with van der Waals surface area (Å²) in [6.45, 7) is 3.20. The van der Waals surface area contributed by atoms with Crippen molar-refractivity contribution in [3.8, 4) is 0 Å². The SMILES string of the molecule is Cc1cc(SCc2ccc(Cl)cc2)ccc1CNC1CC1. The number of thioether (sulfide) groups is 1. The van der Waals surface area contributed by atoms with E-state index in [-0.39, 0.29) is 0 Å². The Morgan fingerprint density at radius 1 is 1.14 bits per heavy atom. The Balaban J connectivity index is 1.57. The van der Waals surface area contributed by atoms with Crippen LogP contribution in [0.15, 0.2) is 47.4 Å². The maximum atomic E-state index is 5.91. The van der Waals surface area contributed by atoms with E-state index < -0.39 is 0 Å². The zero-order valence-electron chi connectivity index (χ0n) is 12.2. The van der Waals surface area contributed by atoms with Crippen LogP contribution in [0.5, 0.6) is 0 Å². The summed E-state index contributed by atoms with van der Waals surface area (Å²) >= 11 is 7.79. The molecule has 3 rings (SSSR count). The van der Waals surface area contributed by atoms with Gasteiger partial charge >= 0.3 is 0 Å². The minimum Gasteiger partial charge on any atom is -0.310 e. The lowest BCUT2D eigenvalue weighted by Gasteiger charge is -2.09. The highest BCUT2D eigenvalue weighted by molar-refractivity contribution is 7.98. The van der Waals surface area contributed by atoms with Crippen LogP contribution in [-0.2, 0) is 12.3 Å². The predicted molar refractivity (Wildman–Crippen MR) is 92.1 cm³/mol. The molecule has 1 fully saturated rings. The summed E-state index contributed by atoms with van der Waals surface area (Å²) in [7, 11) is 0. The highest BCUT2D eigenvalue weighted by atomic mass is 35.5. The van der Waals surface area contributed by atoms with E-state index in [4.69, 9.17) is 11.6 Å². The quantitative estimate of drug-likeness (QED) is 0.736. The summed E-state index contributed by atoms with van der Waals surface area (Å²) in [5.74, 6) is 0.982. The maximum absolute atomic E-state index is 5.91. The minimum absolute atomic E-state index is 0.767. The molecule has 0 aliphatic heterocycles. The number of nitrogens with one attached hydrogen (secondary N) is 1. The molecule has 0 amide bonds. The normalized spacial score (nSPS) is 14.4. The van der Waals surface area contributed by atoms with E-state index in [2.05, 4.69) is 42.6 Å². The topological polar surface area (TPSA) is 12.0 Å². The molecule has 0 aromatic heterocycles. The van der Waals surface area contributed by atoms with Gasteiger partial charge in [-0.05, 0) is 60.7 Å². The van der Waals surface area contributed by atoms with Crippen molar-refractivity contribution in [2.75, 3.05) is 0 Å². The second-order valence-corrected chi connectivity index (χ2v) is 7.14. The molecule has 2 aromatic carbocycles. The number of halogens is 1. The number of rotatable bonds is 6. The predicted octanol–water partition coefficient (Wildman–Crippen LogP) is 5.19. The van der Waals surface area contributed by atoms with Gasteiger partial charge in [-0.2, -0.15) is 0 Å². The molecule has 1 aliphatic rings. The van der Waals surface area contributed by atoms with Crippen molar-refractivity contribution < 1.29 is 0 Å². The van der Waals surface area contributed by atoms with Crippen molar-refractivity contribution in [1.29, 1.82) is 0 Å². The number of hydrogen-bond acceptors (Lipinski definition) is 2. The third-order valence-electron chi connectivity index (χ3n) is 3.79. The lowest BCUT2D eigenvalue weighted by Crippen LogP contribution is -2.15. The molecule has 21 heavy (non-hydrogen) atoms. The molecule has 0 unspecified atom stereocenters. The van der Waals surface area contributed by atoms with Gasteiger partial charge in [0.15, 0.2) is 0 Å². The van der Waals surface area contributed by atoms with Gasteiger partial charge in [-0.15, -0.1) is 11.8 Å². The largest absolute Gasteiger partial charge is 0.310 e. The fourth-order valence-corrected chi connectivity index (χ4v) is 3.32. The van der Waals surface area contributed by atoms with Gasteiger partial charge in [0, 0.05) is 28.3 Å². The van der Waals surface area contributed by atoms with Crippen LogP contribution in [0.3, 0.4) is 0 Å². The Hall–Kier alpha value is -0.960. The van der Waals surface area contributed by atoms with E-state index in [0.29, 0.717) is 0 Å². The Morgan fingerprint density at radius 3 is 2.57 bits per heavy atom. The summed E-state index contributed by atoms with van der Waals surface area (Å²) < 4.78 is 0. The maximum Gasteiger partial charge on any atom is 0.0406 e. The van der Waals surface area contributed by atoms with E-state index >= 15 is 0 Å². The third kappa shape index (κ3) is 4.50. The second-order valence-electron chi connectivity index (χ2n) is 5.66. The van der Waals surface area contributed by atoms with E-state index in [1.54, 1.807) is 0 Å². The van der Waals surface area contributed by atoms with Crippen LogP contribution in [0, 0.1) is 6.92 Å². The zero-order chi connectivity index (χ0) is 14.7. The second kappa shape index (κ2) is 6.87. The molecule has 0 heterocycles. The summed E-state index contributed by atoms with van der Waals surface area (Å²) in [4.78, 5) is 1.33. The molecule has 0 bridgehead atoms. The Morgan fingerprint density at radius 2 is 1.90 bits per heavy atom. The van der Waals surface area contributed by atoms with Crippen molar-refractivity contribution in [3.63, 3.8) is 0 Å². The van der Waals surface area contributed by atoms with Gasteiger partial charge in [-0.25, -0.2) is 0 Å². The molecule has 1 N–H and O–H groups in total. The van der Waals surface area contributed by atoms with Crippen molar-refractivity contribution >= 4 is 23.4 Å². The van der Waals surface area contributed by atoms with Crippen LogP contribution in [0.25, 0.3) is 0 Å². The van der Waals surface area contributed by atoms with Crippen LogP contribution >= 0.6 is 23.4 Å². The van der Waals surface area contributed by atoms with Gasteiger partial charge in [-0.1, -0.05) is 29.8 Å². The third-order valence-corrected chi connectivity index (χ3v) is 5.11. The molecule has 110 valence electrons.